The summed E-state index contributed by atoms with van der Waals surface area (Å²) in [5.41, 5.74) is 2.58. The molecule has 2 aliphatic heterocycles. The van der Waals surface area contributed by atoms with Crippen LogP contribution in [-0.2, 0) is 58.1 Å². The van der Waals surface area contributed by atoms with Gasteiger partial charge < -0.3 is 50.0 Å². The third kappa shape index (κ3) is 15.6. The Kier molecular flexibility index (Phi) is 19.6. The highest BCUT2D eigenvalue weighted by atomic mass is 32.1. The molecule has 74 heavy (non-hydrogen) atoms. The summed E-state index contributed by atoms with van der Waals surface area (Å²) in [5.74, 6) is -3.69. The first-order valence-corrected chi connectivity index (χ1v) is 25.0. The summed E-state index contributed by atoms with van der Waals surface area (Å²) in [6.45, 7) is 6.27. The molecular weight excluding hydrogens is 981 g/mol. The number of pyridine rings is 1. The Balaban J connectivity index is 1.01. The molecule has 21 nitrogen and oxygen atoms in total. The lowest BCUT2D eigenvalue weighted by Gasteiger charge is -2.24. The maximum absolute atomic E-state index is 13.3. The average Bonchev–Trinajstić information content (AvgIpc) is 4.08. The number of fused-ring (bicyclic) bond motifs is 2. The molecule has 0 spiro atoms. The van der Waals surface area contributed by atoms with Crippen LogP contribution in [0.15, 0.2) is 60.7 Å². The zero-order valence-electron chi connectivity index (χ0n) is 41.6. The summed E-state index contributed by atoms with van der Waals surface area (Å²) >= 11 is 1.21. The van der Waals surface area contributed by atoms with Crippen molar-refractivity contribution in [2.75, 3.05) is 32.2 Å². The Bertz CT molecular complexity index is 2770. The number of thiophene rings is 1. The van der Waals surface area contributed by atoms with E-state index >= 15 is 0 Å². The van der Waals surface area contributed by atoms with E-state index < -0.39 is 35.8 Å². The van der Waals surface area contributed by atoms with Crippen LogP contribution in [0.5, 0.6) is 23.1 Å². The maximum Gasteiger partial charge on any atom is 0.303 e. The fourth-order valence-electron chi connectivity index (χ4n) is 7.86. The molecule has 6 amide bonds. The normalized spacial score (nSPS) is 13.6. The molecular formula is C52H60N6O15S. The second-order valence-corrected chi connectivity index (χ2v) is 19.1. The van der Waals surface area contributed by atoms with E-state index in [-0.39, 0.29) is 113 Å². The minimum atomic E-state index is -1.07. The molecule has 2 atom stereocenters. The number of carbonyl (C=O) groups excluding carboxylic acids is 7. The van der Waals surface area contributed by atoms with Crippen molar-refractivity contribution in [1.82, 2.24) is 25.4 Å². The Morgan fingerprint density at radius 1 is 0.730 bits per heavy atom. The van der Waals surface area contributed by atoms with Crippen LogP contribution in [0.2, 0.25) is 0 Å². The number of hydrogen-bond donors (Lipinski definition) is 5. The number of carboxylic acids is 2. The van der Waals surface area contributed by atoms with Gasteiger partial charge in [0.1, 0.15) is 18.7 Å². The molecule has 0 saturated heterocycles. The van der Waals surface area contributed by atoms with Gasteiger partial charge in [0.05, 0.1) is 50.3 Å². The smallest absolute Gasteiger partial charge is 0.303 e. The molecule has 6 rings (SSSR count). The predicted octanol–water partition coefficient (Wildman–Crippen LogP) is 5.56. The van der Waals surface area contributed by atoms with Crippen molar-refractivity contribution in [3.8, 4) is 23.1 Å². The van der Waals surface area contributed by atoms with Crippen LogP contribution < -0.4 is 34.9 Å². The van der Waals surface area contributed by atoms with Crippen LogP contribution >= 0.6 is 11.3 Å². The highest BCUT2D eigenvalue weighted by Crippen LogP contribution is 2.38. The number of ketones is 1. The molecule has 394 valence electrons. The molecule has 4 heterocycles. The molecule has 0 saturated carbocycles. The number of unbranched alkanes of at least 4 members (excludes halogenated alkanes) is 2. The number of aliphatic carboxylic acids is 2. The number of amides is 6. The summed E-state index contributed by atoms with van der Waals surface area (Å²) in [6, 6.07) is 11.9. The predicted molar refractivity (Wildman–Crippen MR) is 269 cm³/mol. The van der Waals surface area contributed by atoms with Gasteiger partial charge in [-0.25, -0.2) is 4.98 Å². The number of aromatic nitrogens is 1. The summed E-state index contributed by atoms with van der Waals surface area (Å²) in [4.78, 5) is 118. The van der Waals surface area contributed by atoms with Crippen molar-refractivity contribution in [3.63, 3.8) is 0 Å². The molecule has 0 fully saturated rings. The number of anilines is 1. The lowest BCUT2D eigenvalue weighted by atomic mass is 10.0. The molecule has 4 aromatic rings. The molecule has 0 unspecified atom stereocenters. The van der Waals surface area contributed by atoms with Crippen molar-refractivity contribution in [2.45, 2.75) is 110 Å². The molecule has 0 aliphatic carbocycles. The lowest BCUT2D eigenvalue weighted by Crippen LogP contribution is -2.53. The minimum absolute atomic E-state index is 0.0778. The van der Waals surface area contributed by atoms with Crippen molar-refractivity contribution in [2.24, 2.45) is 5.92 Å². The summed E-state index contributed by atoms with van der Waals surface area (Å²) in [7, 11) is 1.48. The number of nitrogens with zero attached hydrogens (tertiary/aromatic N) is 3. The summed E-state index contributed by atoms with van der Waals surface area (Å²) < 4.78 is 24.7. The van der Waals surface area contributed by atoms with Crippen LogP contribution in [0.25, 0.3) is 10.1 Å². The first kappa shape index (κ1) is 55.4. The molecule has 2 aliphatic rings. The maximum atomic E-state index is 13.3. The Morgan fingerprint density at radius 3 is 2.11 bits per heavy atom. The van der Waals surface area contributed by atoms with Crippen LogP contribution in [0, 0.1) is 5.92 Å². The van der Waals surface area contributed by atoms with Gasteiger partial charge in [-0.15, -0.1) is 11.3 Å². The van der Waals surface area contributed by atoms with Gasteiger partial charge >= 0.3 is 11.9 Å². The number of rotatable bonds is 29. The largest absolute Gasteiger partial charge is 0.491 e. The number of hydrogen-bond acceptors (Lipinski definition) is 15. The van der Waals surface area contributed by atoms with Gasteiger partial charge in [0.25, 0.3) is 17.7 Å². The van der Waals surface area contributed by atoms with E-state index in [1.807, 2.05) is 0 Å². The molecule has 0 radical (unpaired) electrons. The van der Waals surface area contributed by atoms with E-state index in [9.17, 15) is 43.2 Å². The highest BCUT2D eigenvalue weighted by molar-refractivity contribution is 7.20. The third-order valence-electron chi connectivity index (χ3n) is 12.0. The van der Waals surface area contributed by atoms with Crippen LogP contribution in [-0.4, -0.2) is 117 Å². The van der Waals surface area contributed by atoms with E-state index in [1.54, 1.807) is 62.4 Å². The zero-order valence-corrected chi connectivity index (χ0v) is 42.4. The number of Topliss-reactive ketones (excluding diaryl/α,β-unsaturated/α-hetero) is 1. The van der Waals surface area contributed by atoms with Gasteiger partial charge in [-0.3, -0.25) is 48.1 Å². The van der Waals surface area contributed by atoms with E-state index in [4.69, 9.17) is 29.2 Å². The Hall–Kier alpha value is -7.88. The Labute approximate surface area is 430 Å². The topological polar surface area (TPSA) is 286 Å². The van der Waals surface area contributed by atoms with E-state index in [0.29, 0.717) is 69.3 Å². The molecule has 2 aromatic carbocycles. The lowest BCUT2D eigenvalue weighted by molar-refractivity contribution is -0.141. The van der Waals surface area contributed by atoms with E-state index in [0.717, 1.165) is 16.0 Å². The fourth-order valence-corrected chi connectivity index (χ4v) is 8.90. The standard InChI is InChI=1S/C52H60N6O15S/c1-30(2)49(56-43(60)9-6-5-7-20-58-45(62)15-16-46(58)63)51(69)53-31(3)50(68)54-35-12-10-32(11-13-35)29-73-39-26-41-33(25-42(74-41)37(59)14-18-47(64)65)23-38(39)71-21-8-22-72-52-40(70-4)24-34-27-57(28-36(34)55-52)44(61)17-19-48(66)67/h10-13,15-16,23-26,30-31,49H,5-9,14,17-22,27-29H2,1-4H3,(H,53,69)(H,54,68)(H,56,60)(H,64,65)(H,66,67)/t31-,49-/m0/s1. The van der Waals surface area contributed by atoms with Crippen LogP contribution in [0.3, 0.4) is 0 Å². The monoisotopic (exact) mass is 1040 g/mol. The number of nitrogens with one attached hydrogen (secondary N) is 3. The summed E-state index contributed by atoms with van der Waals surface area (Å²) in [5, 5.41) is 27.0. The second kappa shape index (κ2) is 26.2. The van der Waals surface area contributed by atoms with Crippen molar-refractivity contribution < 1.29 is 72.3 Å². The fraction of sp³-hybridized carbons (Fsp3) is 0.423. The average molecular weight is 1040 g/mol. The minimum Gasteiger partial charge on any atom is -0.491 e. The molecule has 2 aromatic heterocycles. The van der Waals surface area contributed by atoms with Crippen molar-refractivity contribution in [3.05, 3.63) is 82.4 Å². The highest BCUT2D eigenvalue weighted by Gasteiger charge is 2.29. The number of carbonyl (C=O) groups is 9. The number of imide groups is 1. The van der Waals surface area contributed by atoms with Crippen LogP contribution in [0.4, 0.5) is 5.69 Å². The first-order valence-electron chi connectivity index (χ1n) is 24.2. The SMILES string of the molecule is COc1cc2c(nc1OCCCOc1cc3cc(C(=O)CCC(=O)O)sc3cc1OCc1ccc(NC(=O)[C@H](C)NC(=O)[C@@H](NC(=O)CCCCCN3C(=O)C=CC3=O)C(C)C)cc1)CN(C(=O)CCC(=O)O)C2. The zero-order chi connectivity index (χ0) is 53.5. The van der Waals surface area contributed by atoms with Gasteiger partial charge in [0, 0.05) is 67.4 Å². The van der Waals surface area contributed by atoms with Crippen LogP contribution in [0.1, 0.15) is 105 Å². The number of carboxylic acid groups (broad SMARTS) is 2. The van der Waals surface area contributed by atoms with Crippen molar-refractivity contribution in [1.29, 1.82) is 0 Å². The third-order valence-corrected chi connectivity index (χ3v) is 13.1. The number of methoxy groups -OCH3 is 1. The van der Waals surface area contributed by atoms with Gasteiger partial charge in [-0.2, -0.15) is 0 Å². The van der Waals surface area contributed by atoms with Crippen molar-refractivity contribution >= 4 is 80.3 Å². The second-order valence-electron chi connectivity index (χ2n) is 18.0. The molecule has 22 heteroatoms. The van der Waals surface area contributed by atoms with Gasteiger partial charge in [-0.05, 0) is 72.5 Å². The van der Waals surface area contributed by atoms with Gasteiger partial charge in [-0.1, -0.05) is 32.4 Å². The molecule has 0 bridgehead atoms. The van der Waals surface area contributed by atoms with Gasteiger partial charge in [0.15, 0.2) is 23.0 Å². The quantitative estimate of drug-likeness (QED) is 0.0253. The van der Waals surface area contributed by atoms with E-state index in [1.165, 1.54) is 42.4 Å². The Morgan fingerprint density at radius 2 is 1.42 bits per heavy atom. The van der Waals surface area contributed by atoms with Gasteiger partial charge in [0.2, 0.25) is 23.6 Å². The number of benzene rings is 2. The first-order chi connectivity index (χ1) is 35.4. The molecule has 5 N–H and O–H groups in total. The summed E-state index contributed by atoms with van der Waals surface area (Å²) in [6.07, 6.45) is 3.80. The van der Waals surface area contributed by atoms with E-state index in [2.05, 4.69) is 20.9 Å². The number of ether oxygens (including phenoxy) is 4.